The number of para-hydroxylation sites is 1. The molecule has 0 N–H and O–H groups in total. The van der Waals surface area contributed by atoms with Crippen LogP contribution in [0, 0.1) is 0 Å². The van der Waals surface area contributed by atoms with Crippen molar-refractivity contribution in [3.63, 3.8) is 0 Å². The molecule has 3 nitrogen and oxygen atoms in total. The molecule has 108 valence electrons. The molecule has 0 saturated heterocycles. The quantitative estimate of drug-likeness (QED) is 0.847. The highest BCUT2D eigenvalue weighted by Gasteiger charge is 2.16. The van der Waals surface area contributed by atoms with Crippen LogP contribution in [0.2, 0.25) is 0 Å². The second-order valence-corrected chi connectivity index (χ2v) is 5.12. The summed E-state index contributed by atoms with van der Waals surface area (Å²) in [6.07, 6.45) is 5.41. The Morgan fingerprint density at radius 1 is 1.19 bits per heavy atom. The van der Waals surface area contributed by atoms with E-state index in [1.165, 1.54) is 4.68 Å². The molecule has 0 atom stereocenters. The van der Waals surface area contributed by atoms with Gasteiger partial charge in [0.2, 0.25) is 0 Å². The predicted molar refractivity (Wildman–Crippen MR) is 88.7 cm³/mol. The average Bonchev–Trinajstić information content (AvgIpc) is 2.49. The summed E-state index contributed by atoms with van der Waals surface area (Å²) in [6, 6.07) is 9.48. The third kappa shape index (κ3) is 2.87. The second-order valence-electron chi connectivity index (χ2n) is 5.12. The third-order valence-electron chi connectivity index (χ3n) is 3.28. The fourth-order valence-electron chi connectivity index (χ4n) is 2.29. The number of nitrogens with zero attached hydrogens (tertiary/aromatic N) is 2. The van der Waals surface area contributed by atoms with Crippen molar-refractivity contribution < 1.29 is 0 Å². The van der Waals surface area contributed by atoms with E-state index in [1.807, 2.05) is 49.4 Å². The predicted octanol–water partition coefficient (Wildman–Crippen LogP) is 4.03. The summed E-state index contributed by atoms with van der Waals surface area (Å²) in [5.41, 5.74) is 2.97. The summed E-state index contributed by atoms with van der Waals surface area (Å²) in [5, 5.41) is 4.55. The Kier molecular flexibility index (Phi) is 4.53. The van der Waals surface area contributed by atoms with Gasteiger partial charge in [0, 0.05) is 5.56 Å². The van der Waals surface area contributed by atoms with E-state index < -0.39 is 0 Å². The van der Waals surface area contributed by atoms with Crippen molar-refractivity contribution in [2.45, 2.75) is 26.7 Å². The summed E-state index contributed by atoms with van der Waals surface area (Å²) in [7, 11) is 0. The Bertz CT molecular complexity index is 725. The molecule has 3 heteroatoms. The van der Waals surface area contributed by atoms with E-state index in [0.717, 1.165) is 16.9 Å². The second kappa shape index (κ2) is 6.35. The third-order valence-corrected chi connectivity index (χ3v) is 3.28. The molecule has 21 heavy (non-hydrogen) atoms. The monoisotopic (exact) mass is 280 g/mol. The van der Waals surface area contributed by atoms with Gasteiger partial charge in [-0.2, -0.15) is 9.78 Å². The zero-order chi connectivity index (χ0) is 15.4. The zero-order valence-corrected chi connectivity index (χ0v) is 12.7. The first-order valence-corrected chi connectivity index (χ1v) is 7.08. The Hall–Kier alpha value is -2.42. The number of hydrogen-bond acceptors (Lipinski definition) is 2. The highest BCUT2D eigenvalue weighted by molar-refractivity contribution is 5.65. The normalized spacial score (nSPS) is 11.2. The molecule has 2 rings (SSSR count). The van der Waals surface area contributed by atoms with Crippen LogP contribution in [0.15, 0.2) is 47.8 Å². The lowest BCUT2D eigenvalue weighted by atomic mass is 10.00. The highest BCUT2D eigenvalue weighted by Crippen LogP contribution is 2.21. The van der Waals surface area contributed by atoms with Gasteiger partial charge in [-0.25, -0.2) is 0 Å². The van der Waals surface area contributed by atoms with E-state index in [9.17, 15) is 4.79 Å². The van der Waals surface area contributed by atoms with Crippen molar-refractivity contribution in [2.75, 3.05) is 0 Å². The minimum absolute atomic E-state index is 0.126. The number of allylic oxidation sites excluding steroid dienone is 1. The molecule has 0 fully saturated rings. The minimum Gasteiger partial charge on any atom is -0.267 e. The van der Waals surface area contributed by atoms with Gasteiger partial charge in [-0.3, -0.25) is 4.79 Å². The summed E-state index contributed by atoms with van der Waals surface area (Å²) in [4.78, 5) is 12.7. The summed E-state index contributed by atoms with van der Waals surface area (Å²) in [5.74, 6) is 0.206. The topological polar surface area (TPSA) is 34.9 Å². The number of aromatic nitrogens is 2. The maximum Gasteiger partial charge on any atom is 0.279 e. The van der Waals surface area contributed by atoms with E-state index >= 15 is 0 Å². The van der Waals surface area contributed by atoms with Gasteiger partial charge in [0.05, 0.1) is 16.9 Å². The van der Waals surface area contributed by atoms with Gasteiger partial charge < -0.3 is 0 Å². The van der Waals surface area contributed by atoms with Gasteiger partial charge in [-0.1, -0.05) is 56.9 Å². The largest absolute Gasteiger partial charge is 0.279 e. The van der Waals surface area contributed by atoms with Crippen LogP contribution in [0.1, 0.15) is 43.5 Å². The Balaban J connectivity index is 2.85. The molecule has 0 amide bonds. The van der Waals surface area contributed by atoms with Crippen LogP contribution in [-0.4, -0.2) is 9.78 Å². The van der Waals surface area contributed by atoms with Crippen LogP contribution in [0.25, 0.3) is 17.8 Å². The van der Waals surface area contributed by atoms with E-state index in [1.54, 1.807) is 6.08 Å². The number of rotatable bonds is 4. The first-order valence-electron chi connectivity index (χ1n) is 7.08. The molecular formula is C18H20N2O. The molecular weight excluding hydrogens is 260 g/mol. The molecule has 0 saturated carbocycles. The fraction of sp³-hybridized carbons (Fsp3) is 0.222. The van der Waals surface area contributed by atoms with E-state index in [0.29, 0.717) is 5.56 Å². The molecule has 1 heterocycles. The first kappa shape index (κ1) is 15.0. The van der Waals surface area contributed by atoms with E-state index in [2.05, 4.69) is 25.5 Å². The lowest BCUT2D eigenvalue weighted by Gasteiger charge is -2.15. The van der Waals surface area contributed by atoms with Gasteiger partial charge in [-0.05, 0) is 25.0 Å². The van der Waals surface area contributed by atoms with Crippen molar-refractivity contribution in [3.8, 4) is 5.69 Å². The lowest BCUT2D eigenvalue weighted by molar-refractivity contribution is 0.709. The molecule has 1 aromatic carbocycles. The van der Waals surface area contributed by atoms with Crippen LogP contribution < -0.4 is 5.56 Å². The fourth-order valence-corrected chi connectivity index (χ4v) is 2.29. The molecule has 0 aliphatic rings. The Morgan fingerprint density at radius 2 is 1.86 bits per heavy atom. The van der Waals surface area contributed by atoms with Crippen molar-refractivity contribution in [2.24, 2.45) is 0 Å². The first-order chi connectivity index (χ1) is 10.1. The molecule has 0 spiro atoms. The molecule has 0 radical (unpaired) electrons. The van der Waals surface area contributed by atoms with Crippen LogP contribution in [0.5, 0.6) is 0 Å². The van der Waals surface area contributed by atoms with Gasteiger partial charge in [0.15, 0.2) is 0 Å². The van der Waals surface area contributed by atoms with E-state index in [4.69, 9.17) is 0 Å². The molecule has 0 aliphatic heterocycles. The SMILES string of the molecule is C=Cc1c(C(C)C)nn(-c2ccccc2)c(=O)c1/C=C\C. The van der Waals surface area contributed by atoms with Crippen LogP contribution in [0.4, 0.5) is 0 Å². The Labute approximate surface area is 125 Å². The van der Waals surface area contributed by atoms with Crippen LogP contribution in [-0.2, 0) is 0 Å². The van der Waals surface area contributed by atoms with Crippen LogP contribution >= 0.6 is 0 Å². The average molecular weight is 280 g/mol. The van der Waals surface area contributed by atoms with Crippen molar-refractivity contribution >= 4 is 12.2 Å². The van der Waals surface area contributed by atoms with E-state index in [-0.39, 0.29) is 11.5 Å². The molecule has 0 bridgehead atoms. The van der Waals surface area contributed by atoms with Gasteiger partial charge in [-0.15, -0.1) is 0 Å². The van der Waals surface area contributed by atoms with Gasteiger partial charge >= 0.3 is 0 Å². The highest BCUT2D eigenvalue weighted by atomic mass is 16.1. The van der Waals surface area contributed by atoms with Crippen molar-refractivity contribution in [1.82, 2.24) is 9.78 Å². The standard InChI is InChI=1S/C18H20N2O/c1-5-10-16-15(6-2)17(13(3)4)19-20(18(16)21)14-11-8-7-9-12-14/h5-13H,2H2,1,3-4H3/b10-5-. The summed E-state index contributed by atoms with van der Waals surface area (Å²) in [6.45, 7) is 9.86. The molecule has 1 aromatic heterocycles. The smallest absolute Gasteiger partial charge is 0.267 e. The van der Waals surface area contributed by atoms with Crippen molar-refractivity contribution in [3.05, 3.63) is 70.2 Å². The zero-order valence-electron chi connectivity index (χ0n) is 12.7. The van der Waals surface area contributed by atoms with Gasteiger partial charge in [0.25, 0.3) is 5.56 Å². The number of hydrogen-bond donors (Lipinski definition) is 0. The van der Waals surface area contributed by atoms with Gasteiger partial charge in [0.1, 0.15) is 0 Å². The number of benzene rings is 1. The van der Waals surface area contributed by atoms with Crippen LogP contribution in [0.3, 0.4) is 0 Å². The minimum atomic E-state index is -0.126. The maximum absolute atomic E-state index is 12.7. The van der Waals surface area contributed by atoms with Crippen molar-refractivity contribution in [1.29, 1.82) is 0 Å². The molecule has 0 unspecified atom stereocenters. The Morgan fingerprint density at radius 3 is 2.38 bits per heavy atom. The molecule has 2 aromatic rings. The maximum atomic E-state index is 12.7. The summed E-state index contributed by atoms with van der Waals surface area (Å²) >= 11 is 0. The lowest BCUT2D eigenvalue weighted by Crippen LogP contribution is -2.26. The summed E-state index contributed by atoms with van der Waals surface area (Å²) < 4.78 is 1.47. The molecule has 0 aliphatic carbocycles.